The fourth-order valence-electron chi connectivity index (χ4n) is 2.31. The Morgan fingerprint density at radius 3 is 3.05 bits per heavy atom. The summed E-state index contributed by atoms with van der Waals surface area (Å²) in [5.41, 5.74) is 0.460. The number of piperidine rings is 1. The number of hydrogen-bond acceptors (Lipinski definition) is 4. The van der Waals surface area contributed by atoms with Crippen molar-refractivity contribution in [2.75, 3.05) is 25.0 Å². The van der Waals surface area contributed by atoms with Crippen LogP contribution in [-0.2, 0) is 0 Å². The summed E-state index contributed by atoms with van der Waals surface area (Å²) < 4.78 is 0. The molecule has 0 aliphatic carbocycles. The van der Waals surface area contributed by atoms with Gasteiger partial charge in [0.25, 0.3) is 5.91 Å². The molecule has 2 heterocycles. The lowest BCUT2D eigenvalue weighted by molar-refractivity contribution is 0.0294. The normalized spacial score (nSPS) is 23.2. The number of aliphatic hydroxyl groups is 1. The van der Waals surface area contributed by atoms with Gasteiger partial charge >= 0.3 is 0 Å². The molecule has 5 heteroatoms. The number of aromatic nitrogens is 1. The van der Waals surface area contributed by atoms with E-state index in [0.29, 0.717) is 25.2 Å². The summed E-state index contributed by atoms with van der Waals surface area (Å²) in [5.74, 6) is 0.784. The number of anilines is 1. The van der Waals surface area contributed by atoms with Crippen LogP contribution in [-0.4, -0.2) is 46.6 Å². The highest BCUT2D eigenvalue weighted by Crippen LogP contribution is 2.18. The number of carbonyl (C=O) groups is 1. The summed E-state index contributed by atoms with van der Waals surface area (Å²) >= 11 is 0. The molecule has 0 aromatic carbocycles. The molecular formula is C14H21N3O2. The van der Waals surface area contributed by atoms with Crippen molar-refractivity contribution in [3.8, 4) is 0 Å². The van der Waals surface area contributed by atoms with E-state index in [4.69, 9.17) is 0 Å². The molecule has 0 radical (unpaired) electrons. The first kappa shape index (κ1) is 13.8. The van der Waals surface area contributed by atoms with Crippen molar-refractivity contribution in [3.63, 3.8) is 0 Å². The van der Waals surface area contributed by atoms with Gasteiger partial charge in [-0.15, -0.1) is 0 Å². The second-order valence-electron chi connectivity index (χ2n) is 5.02. The Balaban J connectivity index is 2.09. The van der Waals surface area contributed by atoms with Gasteiger partial charge in [-0.05, 0) is 31.4 Å². The van der Waals surface area contributed by atoms with Gasteiger partial charge in [-0.25, -0.2) is 4.98 Å². The molecule has 1 aliphatic rings. The van der Waals surface area contributed by atoms with E-state index in [0.717, 1.165) is 12.4 Å². The third kappa shape index (κ3) is 3.23. The number of pyridine rings is 1. The molecule has 1 aromatic rings. The van der Waals surface area contributed by atoms with Gasteiger partial charge in [-0.1, -0.05) is 13.0 Å². The van der Waals surface area contributed by atoms with Crippen LogP contribution < -0.4 is 5.32 Å². The van der Waals surface area contributed by atoms with Gasteiger partial charge < -0.3 is 15.3 Å². The average Bonchev–Trinajstić information content (AvgIpc) is 2.42. The van der Waals surface area contributed by atoms with Crippen molar-refractivity contribution in [3.05, 3.63) is 23.9 Å². The molecule has 0 bridgehead atoms. The lowest BCUT2D eigenvalue weighted by Crippen LogP contribution is -2.45. The molecule has 2 rings (SSSR count). The Morgan fingerprint density at radius 2 is 2.37 bits per heavy atom. The van der Waals surface area contributed by atoms with Crippen molar-refractivity contribution in [2.24, 2.45) is 5.92 Å². The summed E-state index contributed by atoms with van der Waals surface area (Å²) in [6.07, 6.45) is 0.338. The minimum absolute atomic E-state index is 0.0569. The summed E-state index contributed by atoms with van der Waals surface area (Å²) in [5, 5.41) is 12.8. The second kappa shape index (κ2) is 6.02. The smallest absolute Gasteiger partial charge is 0.272 e. The highest BCUT2D eigenvalue weighted by molar-refractivity contribution is 5.92. The molecule has 104 valence electrons. The number of nitrogens with one attached hydrogen (secondary N) is 1. The van der Waals surface area contributed by atoms with Crippen LogP contribution in [0.4, 0.5) is 5.82 Å². The zero-order valence-electron chi connectivity index (χ0n) is 11.5. The largest absolute Gasteiger partial charge is 0.393 e. The standard InChI is InChI=1S/C14H21N3O2/c1-3-15-13-6-4-5-11(16-13)14(19)17-8-7-12(18)10(2)9-17/h4-6,10,12,18H,3,7-9H2,1-2H3,(H,15,16). The fraction of sp³-hybridized carbons (Fsp3) is 0.571. The van der Waals surface area contributed by atoms with Crippen molar-refractivity contribution in [2.45, 2.75) is 26.4 Å². The topological polar surface area (TPSA) is 65.5 Å². The zero-order valence-corrected chi connectivity index (χ0v) is 11.5. The van der Waals surface area contributed by atoms with E-state index >= 15 is 0 Å². The number of hydrogen-bond donors (Lipinski definition) is 2. The average molecular weight is 263 g/mol. The van der Waals surface area contributed by atoms with Crippen molar-refractivity contribution >= 4 is 11.7 Å². The van der Waals surface area contributed by atoms with Crippen LogP contribution in [0.5, 0.6) is 0 Å². The van der Waals surface area contributed by atoms with Crippen LogP contribution in [0.25, 0.3) is 0 Å². The number of likely N-dealkylation sites (tertiary alicyclic amines) is 1. The molecule has 1 aromatic heterocycles. The quantitative estimate of drug-likeness (QED) is 0.864. The van der Waals surface area contributed by atoms with Gasteiger partial charge in [0.2, 0.25) is 0 Å². The number of nitrogens with zero attached hydrogens (tertiary/aromatic N) is 2. The van der Waals surface area contributed by atoms with Gasteiger partial charge in [0, 0.05) is 19.6 Å². The summed E-state index contributed by atoms with van der Waals surface area (Å²) in [4.78, 5) is 18.5. The lowest BCUT2D eigenvalue weighted by Gasteiger charge is -2.34. The Labute approximate surface area is 113 Å². The number of rotatable bonds is 3. The molecular weight excluding hydrogens is 242 g/mol. The Morgan fingerprint density at radius 1 is 1.58 bits per heavy atom. The third-order valence-electron chi connectivity index (χ3n) is 3.47. The monoisotopic (exact) mass is 263 g/mol. The van der Waals surface area contributed by atoms with Crippen LogP contribution in [0.1, 0.15) is 30.8 Å². The first-order valence-corrected chi connectivity index (χ1v) is 6.80. The van der Waals surface area contributed by atoms with Crippen LogP contribution in [0.15, 0.2) is 18.2 Å². The molecule has 1 saturated heterocycles. The highest BCUT2D eigenvalue weighted by atomic mass is 16.3. The van der Waals surface area contributed by atoms with E-state index in [1.165, 1.54) is 0 Å². The number of aliphatic hydroxyl groups excluding tert-OH is 1. The first-order chi connectivity index (χ1) is 9.11. The van der Waals surface area contributed by atoms with E-state index in [2.05, 4.69) is 10.3 Å². The van der Waals surface area contributed by atoms with E-state index in [1.807, 2.05) is 26.0 Å². The predicted molar refractivity (Wildman–Crippen MR) is 74.1 cm³/mol. The summed E-state index contributed by atoms with van der Waals surface area (Å²) in [6, 6.07) is 5.42. The van der Waals surface area contributed by atoms with E-state index in [9.17, 15) is 9.90 Å². The summed E-state index contributed by atoms with van der Waals surface area (Å²) in [6.45, 7) is 5.92. The molecule has 5 nitrogen and oxygen atoms in total. The SMILES string of the molecule is CCNc1cccc(C(=O)N2CCC(O)C(C)C2)n1. The van der Waals surface area contributed by atoms with E-state index < -0.39 is 0 Å². The Bertz CT molecular complexity index is 450. The second-order valence-corrected chi connectivity index (χ2v) is 5.02. The van der Waals surface area contributed by atoms with Gasteiger partial charge in [0.15, 0.2) is 0 Å². The fourth-order valence-corrected chi connectivity index (χ4v) is 2.31. The maximum absolute atomic E-state index is 12.4. The molecule has 0 saturated carbocycles. The molecule has 1 fully saturated rings. The van der Waals surface area contributed by atoms with E-state index in [-0.39, 0.29) is 17.9 Å². The molecule has 1 amide bonds. The van der Waals surface area contributed by atoms with Gasteiger partial charge in [-0.2, -0.15) is 0 Å². The van der Waals surface area contributed by atoms with Crippen molar-refractivity contribution in [1.29, 1.82) is 0 Å². The zero-order chi connectivity index (χ0) is 13.8. The third-order valence-corrected chi connectivity index (χ3v) is 3.47. The van der Waals surface area contributed by atoms with E-state index in [1.54, 1.807) is 11.0 Å². The summed E-state index contributed by atoms with van der Waals surface area (Å²) in [7, 11) is 0. The molecule has 2 atom stereocenters. The van der Waals surface area contributed by atoms with Crippen molar-refractivity contribution < 1.29 is 9.90 Å². The molecule has 2 N–H and O–H groups in total. The minimum atomic E-state index is -0.301. The Kier molecular flexibility index (Phi) is 4.37. The molecule has 19 heavy (non-hydrogen) atoms. The predicted octanol–water partition coefficient (Wildman–Crippen LogP) is 1.36. The van der Waals surface area contributed by atoms with Gasteiger partial charge in [0.05, 0.1) is 6.10 Å². The Hall–Kier alpha value is -1.62. The number of carbonyl (C=O) groups excluding carboxylic acids is 1. The lowest BCUT2D eigenvalue weighted by atomic mass is 9.96. The van der Waals surface area contributed by atoms with Gasteiger partial charge in [0.1, 0.15) is 11.5 Å². The van der Waals surface area contributed by atoms with Crippen LogP contribution >= 0.6 is 0 Å². The van der Waals surface area contributed by atoms with Crippen LogP contribution in [0.3, 0.4) is 0 Å². The van der Waals surface area contributed by atoms with Crippen molar-refractivity contribution in [1.82, 2.24) is 9.88 Å². The molecule has 1 aliphatic heterocycles. The highest BCUT2D eigenvalue weighted by Gasteiger charge is 2.28. The molecule has 0 spiro atoms. The molecule has 2 unspecified atom stereocenters. The maximum Gasteiger partial charge on any atom is 0.272 e. The van der Waals surface area contributed by atoms with Crippen LogP contribution in [0, 0.1) is 5.92 Å². The van der Waals surface area contributed by atoms with Gasteiger partial charge in [-0.3, -0.25) is 4.79 Å². The first-order valence-electron chi connectivity index (χ1n) is 6.80. The number of amides is 1. The maximum atomic E-state index is 12.4. The van der Waals surface area contributed by atoms with Crippen LogP contribution in [0.2, 0.25) is 0 Å². The minimum Gasteiger partial charge on any atom is -0.393 e.